The lowest BCUT2D eigenvalue weighted by molar-refractivity contribution is -0.121. The number of fused-ring (bicyclic) bond motifs is 1. The molecule has 3 N–H and O–H groups in total. The third-order valence-corrected chi connectivity index (χ3v) is 5.63. The fourth-order valence-electron chi connectivity index (χ4n) is 2.66. The first-order valence-corrected chi connectivity index (χ1v) is 10.4. The number of hydrogen-bond acceptors (Lipinski definition) is 6. The van der Waals surface area contributed by atoms with Crippen molar-refractivity contribution in [1.82, 2.24) is 15.6 Å². The molecule has 1 aliphatic rings. The highest BCUT2D eigenvalue weighted by molar-refractivity contribution is 7.89. The van der Waals surface area contributed by atoms with Gasteiger partial charge in [-0.2, -0.15) is 0 Å². The van der Waals surface area contributed by atoms with E-state index in [-0.39, 0.29) is 17.9 Å². The minimum Gasteiger partial charge on any atom is -0.486 e. The average molecular weight is 419 g/mol. The smallest absolute Gasteiger partial charge is 0.269 e. The van der Waals surface area contributed by atoms with Gasteiger partial charge in [0.15, 0.2) is 11.5 Å². The second kappa shape index (κ2) is 8.93. The Hall–Kier alpha value is -3.11. The first-order valence-electron chi connectivity index (χ1n) is 8.91. The third-order valence-electron chi connectivity index (χ3n) is 4.17. The predicted octanol–water partition coefficient (Wildman–Crippen LogP) is 0.896. The molecule has 3 rings (SSSR count). The van der Waals surface area contributed by atoms with Crippen molar-refractivity contribution in [3.8, 4) is 11.5 Å². The molecule has 2 aromatic rings. The maximum absolute atomic E-state index is 12.4. The van der Waals surface area contributed by atoms with Crippen molar-refractivity contribution in [2.24, 2.45) is 0 Å². The van der Waals surface area contributed by atoms with Crippen LogP contribution in [-0.4, -0.2) is 40.0 Å². The summed E-state index contributed by atoms with van der Waals surface area (Å²) in [7, 11) is -3.82. The molecule has 0 radical (unpaired) electrons. The molecule has 0 bridgehead atoms. The van der Waals surface area contributed by atoms with Gasteiger partial charge < -0.3 is 9.47 Å². The van der Waals surface area contributed by atoms with Crippen LogP contribution >= 0.6 is 0 Å². The molecule has 2 amide bonds. The SMILES string of the molecule is Cc1ccccc1C(=O)NNC(=O)CCNS(=O)(=O)c1ccc2c(c1)OCCO2. The summed E-state index contributed by atoms with van der Waals surface area (Å²) in [5.41, 5.74) is 5.78. The molecule has 29 heavy (non-hydrogen) atoms. The van der Waals surface area contributed by atoms with Crippen molar-refractivity contribution in [2.75, 3.05) is 19.8 Å². The van der Waals surface area contributed by atoms with E-state index in [2.05, 4.69) is 15.6 Å². The van der Waals surface area contributed by atoms with Gasteiger partial charge in [0, 0.05) is 24.6 Å². The van der Waals surface area contributed by atoms with Crippen molar-refractivity contribution < 1.29 is 27.5 Å². The Bertz CT molecular complexity index is 1020. The number of carbonyl (C=O) groups is 2. The van der Waals surface area contributed by atoms with Gasteiger partial charge in [0.25, 0.3) is 5.91 Å². The van der Waals surface area contributed by atoms with Crippen molar-refractivity contribution in [3.63, 3.8) is 0 Å². The van der Waals surface area contributed by atoms with Gasteiger partial charge in [-0.1, -0.05) is 18.2 Å². The minimum absolute atomic E-state index is 0.00927. The van der Waals surface area contributed by atoms with E-state index in [9.17, 15) is 18.0 Å². The molecule has 10 heteroatoms. The maximum Gasteiger partial charge on any atom is 0.269 e. The Labute approximate surface area is 168 Å². The highest BCUT2D eigenvalue weighted by Crippen LogP contribution is 2.32. The van der Waals surface area contributed by atoms with Gasteiger partial charge in [-0.25, -0.2) is 13.1 Å². The maximum atomic E-state index is 12.4. The number of ether oxygens (including phenoxy) is 2. The Morgan fingerprint density at radius 2 is 1.72 bits per heavy atom. The van der Waals surface area contributed by atoms with E-state index in [1.165, 1.54) is 18.2 Å². The fourth-order valence-corrected chi connectivity index (χ4v) is 3.70. The summed E-state index contributed by atoms with van der Waals surface area (Å²) in [5.74, 6) is -0.139. The first kappa shape index (κ1) is 20.6. The van der Waals surface area contributed by atoms with E-state index in [4.69, 9.17) is 9.47 Å². The zero-order chi connectivity index (χ0) is 20.9. The number of carbonyl (C=O) groups excluding carboxylic acids is 2. The van der Waals surface area contributed by atoms with Crippen molar-refractivity contribution >= 4 is 21.8 Å². The van der Waals surface area contributed by atoms with Crippen LogP contribution in [0.1, 0.15) is 22.3 Å². The Kier molecular flexibility index (Phi) is 6.35. The zero-order valence-electron chi connectivity index (χ0n) is 15.7. The summed E-state index contributed by atoms with van der Waals surface area (Å²) in [6.45, 7) is 2.40. The van der Waals surface area contributed by atoms with Crippen LogP contribution in [0.4, 0.5) is 0 Å². The van der Waals surface area contributed by atoms with Gasteiger partial charge in [-0.3, -0.25) is 20.4 Å². The summed E-state index contributed by atoms with van der Waals surface area (Å²) < 4.78 is 37.8. The van der Waals surface area contributed by atoms with E-state index in [0.29, 0.717) is 30.3 Å². The van der Waals surface area contributed by atoms with Crippen molar-refractivity contribution in [1.29, 1.82) is 0 Å². The van der Waals surface area contributed by atoms with Gasteiger partial charge in [0.05, 0.1) is 4.90 Å². The lowest BCUT2D eigenvalue weighted by atomic mass is 10.1. The second-order valence-electron chi connectivity index (χ2n) is 6.27. The second-order valence-corrected chi connectivity index (χ2v) is 8.04. The standard InChI is InChI=1S/C19H21N3O6S/c1-13-4-2-3-5-15(13)19(24)22-21-18(23)8-9-20-29(25,26)14-6-7-16-17(12-14)28-11-10-27-16/h2-7,12,20H,8-11H2,1H3,(H,21,23)(H,22,24). The molecule has 0 fully saturated rings. The van der Waals surface area contributed by atoms with Crippen LogP contribution in [0.3, 0.4) is 0 Å². The molecule has 0 unspecified atom stereocenters. The third kappa shape index (κ3) is 5.24. The van der Waals surface area contributed by atoms with E-state index in [0.717, 1.165) is 5.56 Å². The van der Waals surface area contributed by atoms with Gasteiger partial charge in [0.1, 0.15) is 13.2 Å². The lowest BCUT2D eigenvalue weighted by Crippen LogP contribution is -2.43. The van der Waals surface area contributed by atoms with E-state index in [1.54, 1.807) is 31.2 Å². The molecule has 1 aliphatic heterocycles. The van der Waals surface area contributed by atoms with Gasteiger partial charge in [0.2, 0.25) is 15.9 Å². The normalized spacial score (nSPS) is 12.9. The molecule has 0 saturated carbocycles. The monoisotopic (exact) mass is 419 g/mol. The predicted molar refractivity (Wildman–Crippen MR) is 104 cm³/mol. The summed E-state index contributed by atoms with van der Waals surface area (Å²) in [5, 5.41) is 0. The molecular formula is C19H21N3O6S. The average Bonchev–Trinajstić information content (AvgIpc) is 2.72. The summed E-state index contributed by atoms with van der Waals surface area (Å²) in [4.78, 5) is 23.9. The van der Waals surface area contributed by atoms with Crippen LogP contribution in [-0.2, 0) is 14.8 Å². The number of sulfonamides is 1. The number of nitrogens with one attached hydrogen (secondary N) is 3. The topological polar surface area (TPSA) is 123 Å². The molecule has 0 saturated heterocycles. The molecule has 0 aromatic heterocycles. The van der Waals surface area contributed by atoms with E-state index in [1.807, 2.05) is 0 Å². The number of hydrogen-bond donors (Lipinski definition) is 3. The van der Waals surface area contributed by atoms with Gasteiger partial charge >= 0.3 is 0 Å². The number of benzene rings is 2. The van der Waals surface area contributed by atoms with Crippen LogP contribution in [0.2, 0.25) is 0 Å². The number of aryl methyl sites for hydroxylation is 1. The van der Waals surface area contributed by atoms with Crippen LogP contribution in [0.15, 0.2) is 47.4 Å². The Morgan fingerprint density at radius 3 is 2.48 bits per heavy atom. The van der Waals surface area contributed by atoms with Crippen LogP contribution in [0, 0.1) is 6.92 Å². The molecule has 9 nitrogen and oxygen atoms in total. The van der Waals surface area contributed by atoms with Gasteiger partial charge in [-0.05, 0) is 30.7 Å². The summed E-state index contributed by atoms with van der Waals surface area (Å²) in [6, 6.07) is 11.2. The highest BCUT2D eigenvalue weighted by atomic mass is 32.2. The van der Waals surface area contributed by atoms with Crippen molar-refractivity contribution in [3.05, 3.63) is 53.6 Å². The van der Waals surface area contributed by atoms with E-state index < -0.39 is 21.8 Å². The van der Waals surface area contributed by atoms with Crippen LogP contribution < -0.4 is 25.0 Å². The molecule has 0 atom stereocenters. The minimum atomic E-state index is -3.82. The number of hydrazine groups is 1. The van der Waals surface area contributed by atoms with Gasteiger partial charge in [-0.15, -0.1) is 0 Å². The largest absolute Gasteiger partial charge is 0.486 e. The molecule has 2 aromatic carbocycles. The molecule has 0 aliphatic carbocycles. The quantitative estimate of drug-likeness (QED) is 0.598. The summed E-state index contributed by atoms with van der Waals surface area (Å²) in [6.07, 6.45) is -0.155. The van der Waals surface area contributed by atoms with Crippen molar-refractivity contribution in [2.45, 2.75) is 18.2 Å². The van der Waals surface area contributed by atoms with Crippen LogP contribution in [0.25, 0.3) is 0 Å². The van der Waals surface area contributed by atoms with E-state index >= 15 is 0 Å². The number of rotatable bonds is 6. The first-order chi connectivity index (χ1) is 13.9. The van der Waals surface area contributed by atoms with Crippen LogP contribution in [0.5, 0.6) is 11.5 Å². The fraction of sp³-hybridized carbons (Fsp3) is 0.263. The number of amides is 2. The lowest BCUT2D eigenvalue weighted by Gasteiger charge is -2.18. The molecule has 0 spiro atoms. The Morgan fingerprint density at radius 1 is 1.00 bits per heavy atom. The molecule has 154 valence electrons. The summed E-state index contributed by atoms with van der Waals surface area (Å²) >= 11 is 0. The molecular weight excluding hydrogens is 398 g/mol. The Balaban J connectivity index is 1.48. The highest BCUT2D eigenvalue weighted by Gasteiger charge is 2.19. The molecule has 1 heterocycles. The zero-order valence-corrected chi connectivity index (χ0v) is 16.5.